The molecule has 3 rings (SSSR count). The smallest absolute Gasteiger partial charge is 0.338 e. The van der Waals surface area contributed by atoms with Crippen LogP contribution in [0, 0.1) is 0 Å². The van der Waals surface area contributed by atoms with Crippen molar-refractivity contribution in [3.63, 3.8) is 0 Å². The highest BCUT2D eigenvalue weighted by Crippen LogP contribution is 2.20. The molecule has 0 unspecified atom stereocenters. The summed E-state index contributed by atoms with van der Waals surface area (Å²) >= 11 is 0. The number of hydrogen-bond donors (Lipinski definition) is 0. The number of esters is 1. The lowest BCUT2D eigenvalue weighted by atomic mass is 10.0. The van der Waals surface area contributed by atoms with Crippen molar-refractivity contribution in [3.8, 4) is 11.1 Å². The topological polar surface area (TPSA) is 56.3 Å². The first kappa shape index (κ1) is 17.5. The Morgan fingerprint density at radius 3 is 2.31 bits per heavy atom. The lowest BCUT2D eigenvalue weighted by Crippen LogP contribution is -2.10. The van der Waals surface area contributed by atoms with Gasteiger partial charge in [-0.3, -0.25) is 9.78 Å². The summed E-state index contributed by atoms with van der Waals surface area (Å²) in [4.78, 5) is 28.4. The van der Waals surface area contributed by atoms with E-state index in [0.29, 0.717) is 5.56 Å². The molecule has 4 heteroatoms. The second-order valence-corrected chi connectivity index (χ2v) is 5.81. The molecule has 0 spiro atoms. The normalized spacial score (nSPS) is 10.3. The molecule has 0 atom stereocenters. The zero-order valence-electron chi connectivity index (χ0n) is 14.5. The van der Waals surface area contributed by atoms with Crippen LogP contribution in [0.4, 0.5) is 0 Å². The first-order chi connectivity index (χ1) is 12.7. The predicted molar refractivity (Wildman–Crippen MR) is 100 cm³/mol. The van der Waals surface area contributed by atoms with Gasteiger partial charge in [-0.1, -0.05) is 54.6 Å². The summed E-state index contributed by atoms with van der Waals surface area (Å²) < 4.78 is 4.96. The Hall–Kier alpha value is -3.27. The van der Waals surface area contributed by atoms with Crippen molar-refractivity contribution < 1.29 is 14.3 Å². The number of ketones is 1. The summed E-state index contributed by atoms with van der Waals surface area (Å²) in [5.41, 5.74) is 3.74. The van der Waals surface area contributed by atoms with Gasteiger partial charge in [0, 0.05) is 12.6 Å². The third kappa shape index (κ3) is 4.22. The van der Waals surface area contributed by atoms with Crippen molar-refractivity contribution in [2.75, 3.05) is 6.61 Å². The quantitative estimate of drug-likeness (QED) is 0.492. The minimum atomic E-state index is -0.448. The number of pyridine rings is 1. The molecule has 3 aromatic rings. The zero-order valence-corrected chi connectivity index (χ0v) is 14.5. The van der Waals surface area contributed by atoms with E-state index in [1.165, 1.54) is 12.3 Å². The molecule has 0 aliphatic heterocycles. The van der Waals surface area contributed by atoms with Crippen LogP contribution in [0.3, 0.4) is 0 Å². The molecule has 26 heavy (non-hydrogen) atoms. The summed E-state index contributed by atoms with van der Waals surface area (Å²) in [6.45, 7) is 2.03. The largest absolute Gasteiger partial charge is 0.462 e. The molecule has 0 aliphatic carbocycles. The first-order valence-electron chi connectivity index (χ1n) is 8.48. The van der Waals surface area contributed by atoms with Crippen molar-refractivity contribution in [1.29, 1.82) is 0 Å². The Labute approximate surface area is 152 Å². The highest BCUT2D eigenvalue weighted by molar-refractivity contribution is 5.98. The Bertz CT molecular complexity index is 902. The van der Waals surface area contributed by atoms with Crippen molar-refractivity contribution in [3.05, 3.63) is 89.7 Å². The molecule has 0 bridgehead atoms. The Kier molecular flexibility index (Phi) is 5.54. The molecule has 0 amide bonds. The molecular weight excluding hydrogens is 326 g/mol. The van der Waals surface area contributed by atoms with Gasteiger partial charge < -0.3 is 4.74 Å². The maximum absolute atomic E-state index is 12.5. The summed E-state index contributed by atoms with van der Waals surface area (Å²) in [7, 11) is 0. The van der Waals surface area contributed by atoms with Crippen LogP contribution in [-0.4, -0.2) is 23.3 Å². The summed E-state index contributed by atoms with van der Waals surface area (Å²) in [5, 5.41) is 0. The van der Waals surface area contributed by atoms with E-state index in [2.05, 4.69) is 4.98 Å². The zero-order chi connectivity index (χ0) is 18.4. The van der Waals surface area contributed by atoms with Crippen LogP contribution in [0.15, 0.2) is 72.9 Å². The van der Waals surface area contributed by atoms with Crippen molar-refractivity contribution in [2.24, 2.45) is 0 Å². The van der Waals surface area contributed by atoms with Gasteiger partial charge in [-0.25, -0.2) is 4.79 Å². The second-order valence-electron chi connectivity index (χ2n) is 5.81. The summed E-state index contributed by atoms with van der Waals surface area (Å²) in [6, 6.07) is 21.0. The summed E-state index contributed by atoms with van der Waals surface area (Å²) in [5.74, 6) is -0.584. The van der Waals surface area contributed by atoms with Gasteiger partial charge in [0.05, 0.1) is 12.2 Å². The predicted octanol–water partition coefficient (Wildman–Crippen LogP) is 4.35. The minimum Gasteiger partial charge on any atom is -0.462 e. The third-order valence-electron chi connectivity index (χ3n) is 3.98. The van der Waals surface area contributed by atoms with Gasteiger partial charge in [0.2, 0.25) is 0 Å². The van der Waals surface area contributed by atoms with Gasteiger partial charge in [-0.2, -0.15) is 0 Å². The molecule has 2 aromatic carbocycles. The number of aromatic nitrogens is 1. The number of nitrogens with zero attached hydrogens (tertiary/aromatic N) is 1. The molecule has 0 radical (unpaired) electrons. The maximum Gasteiger partial charge on any atom is 0.338 e. The third-order valence-corrected chi connectivity index (χ3v) is 3.98. The highest BCUT2D eigenvalue weighted by atomic mass is 16.5. The Morgan fingerprint density at radius 2 is 1.62 bits per heavy atom. The van der Waals surface area contributed by atoms with E-state index in [4.69, 9.17) is 4.74 Å². The first-order valence-corrected chi connectivity index (χ1v) is 8.48. The fourth-order valence-electron chi connectivity index (χ4n) is 2.65. The van der Waals surface area contributed by atoms with Gasteiger partial charge >= 0.3 is 5.97 Å². The van der Waals surface area contributed by atoms with E-state index < -0.39 is 5.97 Å². The standard InChI is InChI=1S/C22H19NO3/c1-2-26-22(25)19-12-13-23-20(15-19)21(24)14-16-8-10-18(11-9-16)17-6-4-3-5-7-17/h3-13,15H,2,14H2,1H3. The fourth-order valence-corrected chi connectivity index (χ4v) is 2.65. The molecule has 0 saturated carbocycles. The number of hydrogen-bond acceptors (Lipinski definition) is 4. The highest BCUT2D eigenvalue weighted by Gasteiger charge is 2.13. The molecule has 0 saturated heterocycles. The minimum absolute atomic E-state index is 0.136. The van der Waals surface area contributed by atoms with E-state index in [0.717, 1.165) is 16.7 Å². The van der Waals surface area contributed by atoms with Gasteiger partial charge in [0.15, 0.2) is 5.78 Å². The van der Waals surface area contributed by atoms with E-state index in [-0.39, 0.29) is 24.5 Å². The van der Waals surface area contributed by atoms with Crippen LogP contribution < -0.4 is 0 Å². The van der Waals surface area contributed by atoms with E-state index in [1.54, 1.807) is 13.0 Å². The number of ether oxygens (including phenoxy) is 1. The van der Waals surface area contributed by atoms with Gasteiger partial charge in [-0.15, -0.1) is 0 Å². The number of carbonyl (C=O) groups excluding carboxylic acids is 2. The van der Waals surface area contributed by atoms with Crippen LogP contribution in [0.1, 0.15) is 33.3 Å². The SMILES string of the molecule is CCOC(=O)c1ccnc(C(=O)Cc2ccc(-c3ccccc3)cc2)c1. The molecule has 130 valence electrons. The van der Waals surface area contributed by atoms with Crippen LogP contribution in [0.25, 0.3) is 11.1 Å². The van der Waals surface area contributed by atoms with Gasteiger partial charge in [0.1, 0.15) is 5.69 Å². The average molecular weight is 345 g/mol. The average Bonchev–Trinajstić information content (AvgIpc) is 2.69. The fraction of sp³-hybridized carbons (Fsp3) is 0.136. The van der Waals surface area contributed by atoms with Crippen molar-refractivity contribution >= 4 is 11.8 Å². The molecule has 1 heterocycles. The number of Topliss-reactive ketones (excluding diaryl/α,β-unsaturated/α-hetero) is 1. The van der Waals surface area contributed by atoms with Crippen molar-refractivity contribution in [1.82, 2.24) is 4.98 Å². The molecule has 0 fully saturated rings. The van der Waals surface area contributed by atoms with Crippen LogP contribution >= 0.6 is 0 Å². The van der Waals surface area contributed by atoms with Crippen molar-refractivity contribution in [2.45, 2.75) is 13.3 Å². The molecular formula is C22H19NO3. The lowest BCUT2D eigenvalue weighted by molar-refractivity contribution is 0.0526. The lowest BCUT2D eigenvalue weighted by Gasteiger charge is -2.06. The second kappa shape index (κ2) is 8.21. The Balaban J connectivity index is 1.72. The number of rotatable bonds is 6. The number of carbonyl (C=O) groups is 2. The van der Waals surface area contributed by atoms with Gasteiger partial charge in [0.25, 0.3) is 0 Å². The number of benzene rings is 2. The monoisotopic (exact) mass is 345 g/mol. The van der Waals surface area contributed by atoms with Crippen LogP contribution in [0.2, 0.25) is 0 Å². The molecule has 1 aromatic heterocycles. The Morgan fingerprint density at radius 1 is 0.923 bits per heavy atom. The maximum atomic E-state index is 12.5. The van der Waals surface area contributed by atoms with Crippen LogP contribution in [0.5, 0.6) is 0 Å². The summed E-state index contributed by atoms with van der Waals surface area (Å²) in [6.07, 6.45) is 1.69. The molecule has 4 nitrogen and oxygen atoms in total. The van der Waals surface area contributed by atoms with E-state index in [1.807, 2.05) is 54.6 Å². The van der Waals surface area contributed by atoms with E-state index >= 15 is 0 Å². The van der Waals surface area contributed by atoms with Gasteiger partial charge in [-0.05, 0) is 35.7 Å². The molecule has 0 aliphatic rings. The van der Waals surface area contributed by atoms with E-state index in [9.17, 15) is 9.59 Å². The molecule has 0 N–H and O–H groups in total. The van der Waals surface area contributed by atoms with Crippen LogP contribution in [-0.2, 0) is 11.2 Å².